The van der Waals surface area contributed by atoms with Crippen molar-refractivity contribution in [2.24, 2.45) is 17.3 Å². The minimum Gasteiger partial charge on any atom is -0.353 e. The molecule has 2 saturated carbocycles. The number of hydrogen-bond donors (Lipinski definition) is 0. The van der Waals surface area contributed by atoms with Crippen LogP contribution in [0.25, 0.3) is 0 Å². The highest BCUT2D eigenvalue weighted by molar-refractivity contribution is 5.85. The van der Waals surface area contributed by atoms with Crippen LogP contribution in [0.15, 0.2) is 54.7 Å². The number of carbonyl (C=O) groups excluding carboxylic acids is 2. The molecule has 4 aliphatic rings. The van der Waals surface area contributed by atoms with E-state index in [1.54, 1.807) is 0 Å². The van der Waals surface area contributed by atoms with Crippen LogP contribution in [0.5, 0.6) is 0 Å². The summed E-state index contributed by atoms with van der Waals surface area (Å²) in [5.41, 5.74) is 1.31. The second kappa shape index (κ2) is 9.87. The van der Waals surface area contributed by atoms with Gasteiger partial charge in [-0.2, -0.15) is 0 Å². The van der Waals surface area contributed by atoms with Gasteiger partial charge < -0.3 is 14.7 Å². The van der Waals surface area contributed by atoms with E-state index in [1.165, 1.54) is 18.4 Å². The number of piperazine rings is 1. The zero-order valence-electron chi connectivity index (χ0n) is 21.2. The molecule has 6 rings (SSSR count). The summed E-state index contributed by atoms with van der Waals surface area (Å²) in [5.74, 6) is 2.26. The second-order valence-corrected chi connectivity index (χ2v) is 11.4. The molecule has 0 radical (unpaired) electrons. The molecule has 36 heavy (non-hydrogen) atoms. The average Bonchev–Trinajstić information content (AvgIpc) is 3.36. The third-order valence-electron chi connectivity index (χ3n) is 9.42. The fourth-order valence-corrected chi connectivity index (χ4v) is 7.10. The SMILES string of the molecule is O=C([C@H](c1ccccc1)C1CCCC1)N1CCC2(CC1)C[C@@H]2C(=O)N1CCN(c2ccccn2)CC1. The molecule has 2 aliphatic heterocycles. The van der Waals surface area contributed by atoms with Crippen LogP contribution in [-0.2, 0) is 9.59 Å². The Kier molecular flexibility index (Phi) is 6.44. The van der Waals surface area contributed by atoms with Gasteiger partial charge in [0.05, 0.1) is 5.92 Å². The lowest BCUT2D eigenvalue weighted by Gasteiger charge is -2.38. The quantitative estimate of drug-likeness (QED) is 0.631. The van der Waals surface area contributed by atoms with Crippen molar-refractivity contribution in [3.8, 4) is 0 Å². The van der Waals surface area contributed by atoms with Gasteiger partial charge >= 0.3 is 0 Å². The molecule has 6 nitrogen and oxygen atoms in total. The molecule has 1 aromatic carbocycles. The van der Waals surface area contributed by atoms with Crippen LogP contribution in [0.3, 0.4) is 0 Å². The maximum absolute atomic E-state index is 13.8. The highest BCUT2D eigenvalue weighted by atomic mass is 16.2. The molecule has 2 saturated heterocycles. The topological polar surface area (TPSA) is 56.8 Å². The molecule has 2 atom stereocenters. The van der Waals surface area contributed by atoms with E-state index in [-0.39, 0.29) is 17.3 Å². The molecule has 0 unspecified atom stereocenters. The van der Waals surface area contributed by atoms with Crippen LogP contribution in [0, 0.1) is 17.3 Å². The molecular formula is C30H38N4O2. The predicted octanol–water partition coefficient (Wildman–Crippen LogP) is 4.33. The summed E-state index contributed by atoms with van der Waals surface area (Å²) in [6.45, 7) is 4.82. The van der Waals surface area contributed by atoms with Gasteiger partial charge in [0.15, 0.2) is 0 Å². The molecule has 3 heterocycles. The molecule has 2 aromatic rings. The number of aromatic nitrogens is 1. The van der Waals surface area contributed by atoms with Crippen molar-refractivity contribution >= 4 is 17.6 Å². The van der Waals surface area contributed by atoms with Gasteiger partial charge in [-0.1, -0.05) is 49.2 Å². The average molecular weight is 487 g/mol. The van der Waals surface area contributed by atoms with Crippen LogP contribution in [0.4, 0.5) is 5.82 Å². The monoisotopic (exact) mass is 486 g/mol. The van der Waals surface area contributed by atoms with Gasteiger partial charge in [0.25, 0.3) is 0 Å². The fraction of sp³-hybridized carbons (Fsp3) is 0.567. The maximum atomic E-state index is 13.8. The first-order valence-corrected chi connectivity index (χ1v) is 13.9. The van der Waals surface area contributed by atoms with E-state index in [0.717, 1.165) is 77.2 Å². The number of likely N-dealkylation sites (tertiary alicyclic amines) is 1. The molecule has 1 aromatic heterocycles. The summed E-state index contributed by atoms with van der Waals surface area (Å²) < 4.78 is 0. The molecule has 2 amide bonds. The standard InChI is InChI=1S/C30H38N4O2/c35-28(34-20-18-32(19-21-34)26-12-6-7-15-31-26)25-22-30(25)13-16-33(17-14-30)29(36)27(24-10-4-5-11-24)23-8-2-1-3-9-23/h1-3,6-9,12,15,24-25,27H,4-5,10-11,13-14,16-22H2/t25-,27-/m1/s1. The fourth-order valence-electron chi connectivity index (χ4n) is 7.10. The van der Waals surface area contributed by atoms with Gasteiger partial charge in [-0.15, -0.1) is 0 Å². The molecular weight excluding hydrogens is 448 g/mol. The Balaban J connectivity index is 1.04. The van der Waals surface area contributed by atoms with E-state index in [1.807, 2.05) is 30.5 Å². The van der Waals surface area contributed by atoms with Crippen LogP contribution >= 0.6 is 0 Å². The van der Waals surface area contributed by atoms with Gasteiger partial charge in [0.2, 0.25) is 11.8 Å². The van der Waals surface area contributed by atoms with E-state index in [0.29, 0.717) is 17.7 Å². The third kappa shape index (κ3) is 4.51. The van der Waals surface area contributed by atoms with Crippen LogP contribution < -0.4 is 4.90 Å². The van der Waals surface area contributed by atoms with Crippen molar-refractivity contribution in [2.45, 2.75) is 50.9 Å². The highest BCUT2D eigenvalue weighted by Crippen LogP contribution is 2.60. The van der Waals surface area contributed by atoms with Gasteiger partial charge in [0, 0.05) is 51.4 Å². The first kappa shape index (κ1) is 23.5. The van der Waals surface area contributed by atoms with Gasteiger partial charge in [-0.25, -0.2) is 4.98 Å². The van der Waals surface area contributed by atoms with Gasteiger partial charge in [0.1, 0.15) is 5.82 Å². The lowest BCUT2D eigenvalue weighted by Crippen LogP contribution is -2.50. The maximum Gasteiger partial charge on any atom is 0.230 e. The summed E-state index contributed by atoms with van der Waals surface area (Å²) in [7, 11) is 0. The number of piperidine rings is 1. The summed E-state index contributed by atoms with van der Waals surface area (Å²) in [5, 5.41) is 0. The Morgan fingerprint density at radius 2 is 1.53 bits per heavy atom. The Morgan fingerprint density at radius 3 is 2.19 bits per heavy atom. The molecule has 190 valence electrons. The largest absolute Gasteiger partial charge is 0.353 e. The first-order chi connectivity index (χ1) is 17.6. The Hall–Kier alpha value is -2.89. The number of rotatable bonds is 5. The van der Waals surface area contributed by atoms with Crippen molar-refractivity contribution in [2.75, 3.05) is 44.2 Å². The zero-order chi connectivity index (χ0) is 24.5. The van der Waals surface area contributed by atoms with E-state index < -0.39 is 0 Å². The predicted molar refractivity (Wildman–Crippen MR) is 141 cm³/mol. The third-order valence-corrected chi connectivity index (χ3v) is 9.42. The zero-order valence-corrected chi connectivity index (χ0v) is 21.2. The van der Waals surface area contributed by atoms with E-state index >= 15 is 0 Å². The minimum atomic E-state index is -0.00483. The van der Waals surface area contributed by atoms with E-state index in [2.05, 4.69) is 43.9 Å². The first-order valence-electron chi connectivity index (χ1n) is 13.9. The Morgan fingerprint density at radius 1 is 0.833 bits per heavy atom. The summed E-state index contributed by atoms with van der Waals surface area (Å²) >= 11 is 0. The van der Waals surface area contributed by atoms with Crippen molar-refractivity contribution in [3.05, 3.63) is 60.3 Å². The van der Waals surface area contributed by atoms with Crippen LogP contribution in [0.2, 0.25) is 0 Å². The molecule has 4 fully saturated rings. The number of hydrogen-bond acceptors (Lipinski definition) is 4. The summed E-state index contributed by atoms with van der Waals surface area (Å²) in [6.07, 6.45) is 9.56. The number of pyridine rings is 1. The lowest BCUT2D eigenvalue weighted by atomic mass is 9.82. The number of anilines is 1. The Labute approximate surface area is 214 Å². The summed E-state index contributed by atoms with van der Waals surface area (Å²) in [4.78, 5) is 38.1. The smallest absolute Gasteiger partial charge is 0.230 e. The highest BCUT2D eigenvalue weighted by Gasteiger charge is 2.59. The molecule has 0 N–H and O–H groups in total. The van der Waals surface area contributed by atoms with Crippen LogP contribution in [-0.4, -0.2) is 65.9 Å². The minimum absolute atomic E-state index is 0.00483. The van der Waals surface area contributed by atoms with Gasteiger partial charge in [-0.3, -0.25) is 9.59 Å². The number of benzene rings is 1. The van der Waals surface area contributed by atoms with Crippen molar-refractivity contribution in [3.63, 3.8) is 0 Å². The molecule has 2 aliphatic carbocycles. The summed E-state index contributed by atoms with van der Waals surface area (Å²) in [6, 6.07) is 16.4. The number of nitrogens with zero attached hydrogens (tertiary/aromatic N) is 4. The number of carbonyl (C=O) groups is 2. The van der Waals surface area contributed by atoms with Gasteiger partial charge in [-0.05, 0) is 61.1 Å². The number of amides is 2. The van der Waals surface area contributed by atoms with Crippen molar-refractivity contribution in [1.82, 2.24) is 14.8 Å². The lowest BCUT2D eigenvalue weighted by molar-refractivity contribution is -0.136. The Bertz CT molecular complexity index is 1050. The second-order valence-electron chi connectivity index (χ2n) is 11.4. The molecule has 0 bridgehead atoms. The normalized spacial score (nSPS) is 24.7. The van der Waals surface area contributed by atoms with Crippen LogP contribution in [0.1, 0.15) is 56.4 Å². The van der Waals surface area contributed by atoms with Crippen molar-refractivity contribution in [1.29, 1.82) is 0 Å². The van der Waals surface area contributed by atoms with E-state index in [4.69, 9.17) is 0 Å². The molecule has 6 heteroatoms. The van der Waals surface area contributed by atoms with Crippen molar-refractivity contribution < 1.29 is 9.59 Å². The van der Waals surface area contributed by atoms with E-state index in [9.17, 15) is 9.59 Å². The molecule has 1 spiro atoms.